The van der Waals surface area contributed by atoms with Crippen LogP contribution in [0.3, 0.4) is 0 Å². The Hall–Kier alpha value is -2.81. The SMILES string of the molecule is CC(/C=C/c1ccc(N(C)C)cc1)=N\N=C(N)SC1CC(=O)N(c2ccc(Cl)c(Cl)c2)C1=O. The van der Waals surface area contributed by atoms with Crippen LogP contribution in [0.1, 0.15) is 18.9 Å². The zero-order chi connectivity index (χ0) is 24.1. The van der Waals surface area contributed by atoms with Crippen LogP contribution in [-0.4, -0.2) is 42.0 Å². The van der Waals surface area contributed by atoms with Crippen LogP contribution in [0, 0.1) is 0 Å². The molecule has 2 N–H and O–H groups in total. The standard InChI is InChI=1S/C23H23Cl2N5O2S/c1-14(4-5-15-6-8-16(9-7-15)29(2)3)27-28-23(26)33-20-13-21(31)30(22(20)32)17-10-11-18(24)19(25)12-17/h4-12,20H,13H2,1-3H3,(H2,26,28)/b5-4+,27-14+. The summed E-state index contributed by atoms with van der Waals surface area (Å²) in [6.07, 6.45) is 3.75. The fourth-order valence-electron chi connectivity index (χ4n) is 3.02. The van der Waals surface area contributed by atoms with Gasteiger partial charge in [-0.1, -0.05) is 53.2 Å². The van der Waals surface area contributed by atoms with Crippen molar-refractivity contribution in [3.63, 3.8) is 0 Å². The fraction of sp³-hybridized carbons (Fsp3) is 0.217. The number of imide groups is 1. The summed E-state index contributed by atoms with van der Waals surface area (Å²) in [7, 11) is 3.98. The van der Waals surface area contributed by atoms with Gasteiger partial charge in [0.25, 0.3) is 0 Å². The van der Waals surface area contributed by atoms with Crippen molar-refractivity contribution in [1.82, 2.24) is 0 Å². The zero-order valence-corrected chi connectivity index (χ0v) is 20.7. The van der Waals surface area contributed by atoms with Crippen molar-refractivity contribution in [2.45, 2.75) is 18.6 Å². The number of anilines is 2. The quantitative estimate of drug-likeness (QED) is 0.263. The highest BCUT2D eigenvalue weighted by Crippen LogP contribution is 2.33. The first-order valence-electron chi connectivity index (χ1n) is 9.97. The van der Waals surface area contributed by atoms with E-state index in [-0.39, 0.29) is 28.4 Å². The lowest BCUT2D eigenvalue weighted by Gasteiger charge is -2.15. The Bertz CT molecular complexity index is 1150. The van der Waals surface area contributed by atoms with Crippen molar-refractivity contribution in [3.05, 3.63) is 64.1 Å². The van der Waals surface area contributed by atoms with Crippen LogP contribution in [0.2, 0.25) is 10.0 Å². The molecule has 0 aromatic heterocycles. The minimum atomic E-state index is -0.683. The number of amides is 2. The Labute approximate surface area is 206 Å². The van der Waals surface area contributed by atoms with E-state index in [1.54, 1.807) is 13.0 Å². The number of hydrogen-bond donors (Lipinski definition) is 1. The van der Waals surface area contributed by atoms with E-state index in [4.69, 9.17) is 28.9 Å². The van der Waals surface area contributed by atoms with Crippen molar-refractivity contribution in [2.24, 2.45) is 15.9 Å². The highest BCUT2D eigenvalue weighted by atomic mass is 35.5. The molecule has 1 aliphatic heterocycles. The summed E-state index contributed by atoms with van der Waals surface area (Å²) in [6.45, 7) is 1.79. The second-order valence-electron chi connectivity index (χ2n) is 7.48. The van der Waals surface area contributed by atoms with Gasteiger partial charge in [-0.25, -0.2) is 4.90 Å². The Morgan fingerprint density at radius 2 is 1.82 bits per heavy atom. The van der Waals surface area contributed by atoms with E-state index in [1.807, 2.05) is 55.4 Å². The van der Waals surface area contributed by atoms with E-state index in [9.17, 15) is 9.59 Å². The topological polar surface area (TPSA) is 91.4 Å². The molecule has 1 fully saturated rings. The summed E-state index contributed by atoms with van der Waals surface area (Å²) >= 11 is 12.9. The molecule has 2 amide bonds. The molecule has 0 spiro atoms. The average molecular weight is 504 g/mol. The maximum atomic E-state index is 12.8. The summed E-state index contributed by atoms with van der Waals surface area (Å²) in [5.74, 6) is -0.727. The Kier molecular flexibility index (Phi) is 8.18. The van der Waals surface area contributed by atoms with Crippen LogP contribution in [0.25, 0.3) is 6.08 Å². The lowest BCUT2D eigenvalue weighted by atomic mass is 10.2. The maximum Gasteiger partial charge on any atom is 0.247 e. The number of benzene rings is 2. The lowest BCUT2D eigenvalue weighted by Crippen LogP contribution is -2.31. The molecule has 0 radical (unpaired) electrons. The third-order valence-electron chi connectivity index (χ3n) is 4.76. The largest absolute Gasteiger partial charge is 0.378 e. The molecule has 3 rings (SSSR count). The molecule has 2 aromatic rings. The van der Waals surface area contributed by atoms with Gasteiger partial charge >= 0.3 is 0 Å². The molecule has 1 saturated heterocycles. The van der Waals surface area contributed by atoms with Gasteiger partial charge in [-0.05, 0) is 48.9 Å². The third kappa shape index (κ3) is 6.37. The summed E-state index contributed by atoms with van der Waals surface area (Å²) in [5.41, 5.74) is 9.10. The highest BCUT2D eigenvalue weighted by Gasteiger charge is 2.40. The smallest absolute Gasteiger partial charge is 0.247 e. The number of allylic oxidation sites excluding steroid dienone is 1. The van der Waals surface area contributed by atoms with Crippen molar-refractivity contribution in [3.8, 4) is 0 Å². The molecule has 172 valence electrons. The van der Waals surface area contributed by atoms with Gasteiger partial charge in [0.2, 0.25) is 11.8 Å². The van der Waals surface area contributed by atoms with Gasteiger partial charge in [0.05, 0.1) is 21.4 Å². The molecular formula is C23H23Cl2N5O2S. The second-order valence-corrected chi connectivity index (χ2v) is 9.51. The molecule has 1 aliphatic rings. The second kappa shape index (κ2) is 10.9. The number of thioether (sulfide) groups is 1. The van der Waals surface area contributed by atoms with Crippen molar-refractivity contribution in [2.75, 3.05) is 23.9 Å². The van der Waals surface area contributed by atoms with Crippen molar-refractivity contribution < 1.29 is 9.59 Å². The molecule has 1 unspecified atom stereocenters. The monoisotopic (exact) mass is 503 g/mol. The van der Waals surface area contributed by atoms with Crippen molar-refractivity contribution >= 4 is 75.1 Å². The van der Waals surface area contributed by atoms with E-state index in [2.05, 4.69) is 10.2 Å². The molecule has 0 aliphatic carbocycles. The van der Waals surface area contributed by atoms with Crippen LogP contribution in [0.4, 0.5) is 11.4 Å². The molecule has 7 nitrogen and oxygen atoms in total. The van der Waals surface area contributed by atoms with E-state index in [1.165, 1.54) is 12.1 Å². The minimum absolute atomic E-state index is 0.00546. The molecule has 2 aromatic carbocycles. The zero-order valence-electron chi connectivity index (χ0n) is 18.3. The van der Waals surface area contributed by atoms with E-state index in [0.717, 1.165) is 27.9 Å². The van der Waals surface area contributed by atoms with Gasteiger partial charge in [-0.3, -0.25) is 9.59 Å². The number of carbonyl (C=O) groups is 2. The Morgan fingerprint density at radius 1 is 1.12 bits per heavy atom. The van der Waals surface area contributed by atoms with Gasteiger partial charge in [0.15, 0.2) is 5.17 Å². The molecular weight excluding hydrogens is 481 g/mol. The van der Waals surface area contributed by atoms with Gasteiger partial charge < -0.3 is 10.6 Å². The molecule has 0 saturated carbocycles. The summed E-state index contributed by atoms with van der Waals surface area (Å²) in [4.78, 5) is 28.3. The van der Waals surface area contributed by atoms with Crippen LogP contribution >= 0.6 is 35.0 Å². The maximum absolute atomic E-state index is 12.8. The number of rotatable bonds is 6. The van der Waals surface area contributed by atoms with Crippen LogP contribution in [0.5, 0.6) is 0 Å². The van der Waals surface area contributed by atoms with E-state index in [0.29, 0.717) is 16.4 Å². The molecule has 0 bridgehead atoms. The Balaban J connectivity index is 1.62. The normalized spacial score (nSPS) is 17.4. The van der Waals surface area contributed by atoms with Gasteiger partial charge in [0, 0.05) is 26.2 Å². The molecule has 33 heavy (non-hydrogen) atoms. The lowest BCUT2D eigenvalue weighted by molar-refractivity contribution is -0.121. The number of halogens is 2. The first-order valence-corrected chi connectivity index (χ1v) is 11.6. The number of nitrogens with two attached hydrogens (primary N) is 1. The van der Waals surface area contributed by atoms with Gasteiger partial charge in [0.1, 0.15) is 5.25 Å². The van der Waals surface area contributed by atoms with Crippen LogP contribution < -0.4 is 15.5 Å². The first kappa shape index (κ1) is 24.8. The minimum Gasteiger partial charge on any atom is -0.378 e. The molecule has 10 heteroatoms. The summed E-state index contributed by atoms with van der Waals surface area (Å²) < 4.78 is 0. The van der Waals surface area contributed by atoms with Crippen LogP contribution in [-0.2, 0) is 9.59 Å². The van der Waals surface area contributed by atoms with Gasteiger partial charge in [-0.15, -0.1) is 5.10 Å². The Morgan fingerprint density at radius 3 is 2.45 bits per heavy atom. The number of amidine groups is 1. The summed E-state index contributed by atoms with van der Waals surface area (Å²) in [6, 6.07) is 12.7. The molecule has 1 heterocycles. The fourth-order valence-corrected chi connectivity index (χ4v) is 4.13. The predicted octanol–water partition coefficient (Wildman–Crippen LogP) is 4.83. The van der Waals surface area contributed by atoms with E-state index >= 15 is 0 Å². The number of carbonyl (C=O) groups excluding carboxylic acids is 2. The van der Waals surface area contributed by atoms with Crippen LogP contribution in [0.15, 0.2) is 58.7 Å². The first-order chi connectivity index (χ1) is 15.7. The third-order valence-corrected chi connectivity index (χ3v) is 6.48. The molecule has 1 atom stereocenters. The van der Waals surface area contributed by atoms with E-state index < -0.39 is 5.25 Å². The number of nitrogens with zero attached hydrogens (tertiary/aromatic N) is 4. The van der Waals surface area contributed by atoms with Gasteiger partial charge in [-0.2, -0.15) is 5.10 Å². The predicted molar refractivity (Wildman–Crippen MR) is 139 cm³/mol. The highest BCUT2D eigenvalue weighted by molar-refractivity contribution is 8.14. The number of hydrogen-bond acceptors (Lipinski definition) is 6. The average Bonchev–Trinajstić information content (AvgIpc) is 3.05. The van der Waals surface area contributed by atoms with Crippen molar-refractivity contribution in [1.29, 1.82) is 0 Å². The summed E-state index contributed by atoms with van der Waals surface area (Å²) in [5, 5.41) is 8.10.